The fraction of sp³-hybridized carbons (Fsp3) is 0.444. The van der Waals surface area contributed by atoms with Crippen LogP contribution in [0.4, 0.5) is 19.0 Å². The molecule has 2 heterocycles. The minimum Gasteiger partial charge on any atom is -0.390 e. The molecule has 0 aromatic carbocycles. The molecule has 0 saturated carbocycles. The molecule has 3 rings (SSSR count). The van der Waals surface area contributed by atoms with E-state index in [1.807, 2.05) is 0 Å². The topological polar surface area (TPSA) is 71.7 Å². The van der Waals surface area contributed by atoms with Crippen molar-refractivity contribution in [2.45, 2.75) is 44.8 Å². The second-order valence-electron chi connectivity index (χ2n) is 7.00. The molecule has 1 aliphatic rings. The summed E-state index contributed by atoms with van der Waals surface area (Å²) in [5.74, 6) is 0.584. The minimum atomic E-state index is -4.69. The molecule has 6 nitrogen and oxygen atoms in total. The second kappa shape index (κ2) is 7.32. The van der Waals surface area contributed by atoms with Crippen molar-refractivity contribution in [2.24, 2.45) is 0 Å². The van der Waals surface area contributed by atoms with Crippen LogP contribution in [-0.4, -0.2) is 44.3 Å². The van der Waals surface area contributed by atoms with Crippen LogP contribution < -0.4 is 5.32 Å². The lowest BCUT2D eigenvalue weighted by atomic mass is 10.0. The van der Waals surface area contributed by atoms with Gasteiger partial charge in [0.2, 0.25) is 0 Å². The first-order chi connectivity index (χ1) is 12.6. The predicted octanol–water partition coefficient (Wildman–Crippen LogP) is 3.55. The molecule has 146 valence electrons. The van der Waals surface area contributed by atoms with Crippen molar-refractivity contribution in [3.63, 3.8) is 0 Å². The average molecular weight is 382 g/mol. The van der Waals surface area contributed by atoms with Crippen LogP contribution in [0.2, 0.25) is 0 Å². The van der Waals surface area contributed by atoms with Gasteiger partial charge >= 0.3 is 6.36 Å². The van der Waals surface area contributed by atoms with Crippen LogP contribution in [0.1, 0.15) is 32.4 Å². The van der Waals surface area contributed by atoms with Crippen molar-refractivity contribution in [1.29, 1.82) is 0 Å². The van der Waals surface area contributed by atoms with Crippen LogP contribution in [-0.2, 0) is 4.74 Å². The van der Waals surface area contributed by atoms with Gasteiger partial charge in [-0.25, -0.2) is 9.50 Å². The number of aromatic nitrogens is 3. The number of nitrogens with zero attached hydrogens (tertiary/aromatic N) is 3. The van der Waals surface area contributed by atoms with Crippen molar-refractivity contribution in [1.82, 2.24) is 14.6 Å². The zero-order valence-corrected chi connectivity index (χ0v) is 15.0. The normalized spacial score (nSPS) is 18.0. The standard InChI is InChI=1S/C18H21F3N4O2/c1-17(2,26)8-9-22-15-6-7-16-23-11-14(25(16)24-15)12-4-3-5-13(10-12)27-18(19,20)21/h3-7,11,13,26H,8-10H2,1-2H3,(H,22,24). The average Bonchev–Trinajstić information content (AvgIpc) is 2.95. The van der Waals surface area contributed by atoms with Crippen LogP contribution in [0.3, 0.4) is 0 Å². The summed E-state index contributed by atoms with van der Waals surface area (Å²) in [4.78, 5) is 4.26. The Morgan fingerprint density at radius 2 is 2.11 bits per heavy atom. The Labute approximate surface area is 154 Å². The third-order valence-electron chi connectivity index (χ3n) is 4.06. The van der Waals surface area contributed by atoms with Crippen LogP contribution in [0.25, 0.3) is 11.2 Å². The molecule has 2 aromatic heterocycles. The van der Waals surface area contributed by atoms with Gasteiger partial charge in [-0.05, 0) is 38.0 Å². The SMILES string of the molecule is CC(C)(O)CCNc1ccc2ncc(C3=CC=CC(OC(F)(F)F)C3)n2n1. The van der Waals surface area contributed by atoms with E-state index in [9.17, 15) is 18.3 Å². The van der Waals surface area contributed by atoms with Gasteiger partial charge in [0, 0.05) is 13.0 Å². The third-order valence-corrected chi connectivity index (χ3v) is 4.06. The Morgan fingerprint density at radius 3 is 2.81 bits per heavy atom. The number of rotatable bonds is 6. The Kier molecular flexibility index (Phi) is 5.25. The molecule has 0 amide bonds. The number of halogens is 3. The summed E-state index contributed by atoms with van der Waals surface area (Å²) in [5.41, 5.74) is 1.06. The Hall–Kier alpha value is -2.39. The highest BCUT2D eigenvalue weighted by molar-refractivity contribution is 5.68. The van der Waals surface area contributed by atoms with E-state index in [1.165, 1.54) is 6.08 Å². The summed E-state index contributed by atoms with van der Waals surface area (Å²) < 4.78 is 43.2. The van der Waals surface area contributed by atoms with Gasteiger partial charge in [0.1, 0.15) is 5.82 Å². The number of hydrogen-bond acceptors (Lipinski definition) is 5. The summed E-state index contributed by atoms with van der Waals surface area (Å²) in [6.45, 7) is 3.97. The molecule has 0 radical (unpaired) electrons. The Bertz CT molecular complexity index is 866. The highest BCUT2D eigenvalue weighted by Gasteiger charge is 2.33. The fourth-order valence-corrected chi connectivity index (χ4v) is 2.77. The summed E-state index contributed by atoms with van der Waals surface area (Å²) in [5, 5.41) is 17.4. The monoisotopic (exact) mass is 382 g/mol. The summed E-state index contributed by atoms with van der Waals surface area (Å²) >= 11 is 0. The molecule has 0 aliphatic heterocycles. The van der Waals surface area contributed by atoms with E-state index >= 15 is 0 Å². The summed E-state index contributed by atoms with van der Waals surface area (Å²) in [6.07, 6.45) is 1.07. The van der Waals surface area contributed by atoms with E-state index < -0.39 is 18.1 Å². The molecule has 2 aromatic rings. The number of alkyl halides is 3. The van der Waals surface area contributed by atoms with Crippen LogP contribution in [0.15, 0.2) is 36.6 Å². The zero-order chi connectivity index (χ0) is 19.7. The molecule has 0 spiro atoms. The van der Waals surface area contributed by atoms with Crippen LogP contribution >= 0.6 is 0 Å². The quantitative estimate of drug-likeness (QED) is 0.800. The number of nitrogens with one attached hydrogen (secondary N) is 1. The fourth-order valence-electron chi connectivity index (χ4n) is 2.77. The van der Waals surface area contributed by atoms with Gasteiger partial charge in [-0.1, -0.05) is 18.2 Å². The molecule has 1 atom stereocenters. The first-order valence-electron chi connectivity index (χ1n) is 8.54. The van der Waals surface area contributed by atoms with Gasteiger partial charge in [0.15, 0.2) is 5.65 Å². The maximum Gasteiger partial charge on any atom is 0.523 e. The molecular weight excluding hydrogens is 361 g/mol. The first kappa shape index (κ1) is 19.4. The van der Waals surface area contributed by atoms with Crippen molar-refractivity contribution in [3.8, 4) is 0 Å². The number of anilines is 1. The van der Waals surface area contributed by atoms with Crippen LogP contribution in [0, 0.1) is 0 Å². The summed E-state index contributed by atoms with van der Waals surface area (Å²) in [7, 11) is 0. The first-order valence-corrected chi connectivity index (χ1v) is 8.54. The van der Waals surface area contributed by atoms with E-state index in [-0.39, 0.29) is 6.42 Å². The number of allylic oxidation sites excluding steroid dienone is 2. The largest absolute Gasteiger partial charge is 0.523 e. The molecule has 0 saturated heterocycles. The van der Waals surface area contributed by atoms with Crippen molar-refractivity contribution >= 4 is 17.0 Å². The second-order valence-corrected chi connectivity index (χ2v) is 7.00. The number of imidazole rings is 1. The number of fused-ring (bicyclic) bond motifs is 1. The van der Waals surface area contributed by atoms with Gasteiger partial charge in [0.05, 0.1) is 23.6 Å². The summed E-state index contributed by atoms with van der Waals surface area (Å²) in [6, 6.07) is 3.53. The maximum absolute atomic E-state index is 12.5. The van der Waals surface area contributed by atoms with Gasteiger partial charge in [-0.3, -0.25) is 4.74 Å². The number of hydrogen-bond donors (Lipinski definition) is 2. The predicted molar refractivity (Wildman–Crippen MR) is 95.1 cm³/mol. The smallest absolute Gasteiger partial charge is 0.390 e. The third kappa shape index (κ3) is 5.30. The van der Waals surface area contributed by atoms with E-state index in [2.05, 4.69) is 20.1 Å². The molecule has 27 heavy (non-hydrogen) atoms. The van der Waals surface area contributed by atoms with Crippen molar-refractivity contribution in [3.05, 3.63) is 42.3 Å². The van der Waals surface area contributed by atoms with Crippen LogP contribution in [0.5, 0.6) is 0 Å². The van der Waals surface area contributed by atoms with Gasteiger partial charge in [0.25, 0.3) is 0 Å². The molecule has 1 unspecified atom stereocenters. The molecule has 2 N–H and O–H groups in total. The molecule has 0 bridgehead atoms. The maximum atomic E-state index is 12.5. The van der Waals surface area contributed by atoms with Crippen molar-refractivity contribution < 1.29 is 23.0 Å². The van der Waals surface area contributed by atoms with E-state index in [0.29, 0.717) is 35.7 Å². The molecule has 1 aliphatic carbocycles. The number of aliphatic hydroxyl groups is 1. The lowest BCUT2D eigenvalue weighted by Gasteiger charge is -2.20. The van der Waals surface area contributed by atoms with Gasteiger partial charge in [-0.2, -0.15) is 0 Å². The minimum absolute atomic E-state index is 0.0713. The Balaban J connectivity index is 1.78. The van der Waals surface area contributed by atoms with Crippen molar-refractivity contribution in [2.75, 3.05) is 11.9 Å². The van der Waals surface area contributed by atoms with Gasteiger partial charge in [-0.15, -0.1) is 18.3 Å². The zero-order valence-electron chi connectivity index (χ0n) is 15.0. The molecule has 9 heteroatoms. The molecular formula is C18H21F3N4O2. The van der Waals surface area contributed by atoms with E-state index in [4.69, 9.17) is 0 Å². The lowest BCUT2D eigenvalue weighted by molar-refractivity contribution is -0.335. The molecule has 0 fully saturated rings. The highest BCUT2D eigenvalue weighted by Crippen LogP contribution is 2.29. The lowest BCUT2D eigenvalue weighted by Crippen LogP contribution is -2.24. The van der Waals surface area contributed by atoms with Gasteiger partial charge < -0.3 is 10.4 Å². The Morgan fingerprint density at radius 1 is 1.33 bits per heavy atom. The highest BCUT2D eigenvalue weighted by atomic mass is 19.4. The van der Waals surface area contributed by atoms with E-state index in [1.54, 1.807) is 48.8 Å². The van der Waals surface area contributed by atoms with E-state index in [0.717, 1.165) is 0 Å². The number of ether oxygens (including phenoxy) is 1.